The molecule has 0 spiro atoms. The van der Waals surface area contributed by atoms with Crippen molar-refractivity contribution >= 4 is 15.7 Å². The van der Waals surface area contributed by atoms with E-state index < -0.39 is 21.7 Å². The maximum absolute atomic E-state index is 13.0. The molecule has 0 unspecified atom stereocenters. The van der Waals surface area contributed by atoms with Crippen LogP contribution in [-0.2, 0) is 16.6 Å². The highest BCUT2D eigenvalue weighted by Crippen LogP contribution is 2.18. The van der Waals surface area contributed by atoms with Crippen LogP contribution >= 0.6 is 0 Å². The van der Waals surface area contributed by atoms with Crippen molar-refractivity contribution in [2.75, 3.05) is 4.72 Å². The lowest BCUT2D eigenvalue weighted by molar-refractivity contribution is 0.584. The minimum absolute atomic E-state index is 0.126. The van der Waals surface area contributed by atoms with Gasteiger partial charge in [0.25, 0.3) is 10.0 Å². The average molecular weight is 299 g/mol. The predicted octanol–water partition coefficient (Wildman–Crippen LogP) is 1.62. The van der Waals surface area contributed by atoms with E-state index in [0.717, 1.165) is 18.3 Å². The smallest absolute Gasteiger partial charge is 0.263 e. The van der Waals surface area contributed by atoms with Gasteiger partial charge in [0.15, 0.2) is 0 Å². The van der Waals surface area contributed by atoms with Crippen LogP contribution in [0.15, 0.2) is 41.4 Å². The van der Waals surface area contributed by atoms with Gasteiger partial charge in [-0.1, -0.05) is 0 Å². The van der Waals surface area contributed by atoms with Gasteiger partial charge in [0.1, 0.15) is 16.5 Å². The van der Waals surface area contributed by atoms with Crippen LogP contribution in [0.2, 0.25) is 0 Å². The number of nitrogens with two attached hydrogens (primary N) is 1. The van der Waals surface area contributed by atoms with E-state index in [1.54, 1.807) is 0 Å². The largest absolute Gasteiger partial charge is 0.325 e. The minimum Gasteiger partial charge on any atom is -0.325 e. The summed E-state index contributed by atoms with van der Waals surface area (Å²) in [6, 6.07) is 5.17. The lowest BCUT2D eigenvalue weighted by Crippen LogP contribution is -2.14. The van der Waals surface area contributed by atoms with E-state index >= 15 is 0 Å². The van der Waals surface area contributed by atoms with Crippen molar-refractivity contribution in [3.63, 3.8) is 0 Å². The molecule has 0 atom stereocenters. The molecule has 0 saturated carbocycles. The SMILES string of the molecule is NCc1ccc(S(=O)(=O)Nc2cc(F)cc(F)c2)cn1. The van der Waals surface area contributed by atoms with Crippen molar-refractivity contribution in [2.24, 2.45) is 5.73 Å². The monoisotopic (exact) mass is 299 g/mol. The number of rotatable bonds is 4. The number of nitrogens with one attached hydrogen (secondary N) is 1. The third kappa shape index (κ3) is 3.28. The van der Waals surface area contributed by atoms with Gasteiger partial charge in [0.2, 0.25) is 0 Å². The molecule has 20 heavy (non-hydrogen) atoms. The number of halogens is 2. The van der Waals surface area contributed by atoms with E-state index in [9.17, 15) is 17.2 Å². The summed E-state index contributed by atoms with van der Waals surface area (Å²) in [5, 5.41) is 0. The summed E-state index contributed by atoms with van der Waals surface area (Å²) in [4.78, 5) is 3.72. The van der Waals surface area contributed by atoms with Gasteiger partial charge in [-0.2, -0.15) is 0 Å². The zero-order valence-electron chi connectivity index (χ0n) is 10.2. The first-order valence-corrected chi connectivity index (χ1v) is 7.03. The molecule has 2 aromatic rings. The summed E-state index contributed by atoms with van der Waals surface area (Å²) in [6.45, 7) is 0.183. The number of nitrogens with zero attached hydrogens (tertiary/aromatic N) is 1. The van der Waals surface area contributed by atoms with Gasteiger partial charge < -0.3 is 5.73 Å². The van der Waals surface area contributed by atoms with Crippen molar-refractivity contribution in [1.82, 2.24) is 4.98 Å². The number of sulfonamides is 1. The first-order valence-electron chi connectivity index (χ1n) is 5.54. The second-order valence-corrected chi connectivity index (χ2v) is 5.64. The number of hydrogen-bond acceptors (Lipinski definition) is 4. The quantitative estimate of drug-likeness (QED) is 0.898. The van der Waals surface area contributed by atoms with Crippen molar-refractivity contribution < 1.29 is 17.2 Å². The van der Waals surface area contributed by atoms with Gasteiger partial charge in [-0.05, 0) is 24.3 Å². The maximum Gasteiger partial charge on any atom is 0.263 e. The summed E-state index contributed by atoms with van der Waals surface area (Å²) in [5.74, 6) is -1.75. The molecule has 3 N–H and O–H groups in total. The topological polar surface area (TPSA) is 85.1 Å². The molecule has 2 rings (SSSR count). The van der Waals surface area contributed by atoms with Crippen LogP contribution in [0.3, 0.4) is 0 Å². The molecule has 0 bridgehead atoms. The lowest BCUT2D eigenvalue weighted by Gasteiger charge is -2.08. The zero-order valence-corrected chi connectivity index (χ0v) is 11.0. The zero-order chi connectivity index (χ0) is 14.8. The van der Waals surface area contributed by atoms with Crippen LogP contribution in [0.1, 0.15) is 5.69 Å². The Labute approximate surface area is 114 Å². The van der Waals surface area contributed by atoms with E-state index in [0.29, 0.717) is 11.8 Å². The third-order valence-electron chi connectivity index (χ3n) is 2.43. The highest BCUT2D eigenvalue weighted by atomic mass is 32.2. The Bertz CT molecular complexity index is 698. The fourth-order valence-corrected chi connectivity index (χ4v) is 2.50. The van der Waals surface area contributed by atoms with Gasteiger partial charge in [0.05, 0.1) is 11.4 Å². The Kier molecular flexibility index (Phi) is 3.96. The number of benzene rings is 1. The molecule has 0 aliphatic rings. The highest BCUT2D eigenvalue weighted by molar-refractivity contribution is 7.92. The second-order valence-electron chi connectivity index (χ2n) is 3.95. The van der Waals surface area contributed by atoms with Crippen LogP contribution in [-0.4, -0.2) is 13.4 Å². The second kappa shape index (κ2) is 5.51. The molecule has 1 heterocycles. The van der Waals surface area contributed by atoms with Gasteiger partial charge in [0, 0.05) is 18.8 Å². The minimum atomic E-state index is -3.96. The lowest BCUT2D eigenvalue weighted by atomic mass is 10.3. The normalized spacial score (nSPS) is 11.3. The van der Waals surface area contributed by atoms with Gasteiger partial charge in [-0.3, -0.25) is 9.71 Å². The fourth-order valence-electron chi connectivity index (χ4n) is 1.52. The molecule has 1 aromatic heterocycles. The molecule has 0 aliphatic heterocycles. The molecule has 0 amide bonds. The molecule has 0 aliphatic carbocycles. The molecule has 0 saturated heterocycles. The van der Waals surface area contributed by atoms with E-state index in [1.165, 1.54) is 12.1 Å². The van der Waals surface area contributed by atoms with Crippen LogP contribution in [0.4, 0.5) is 14.5 Å². The van der Waals surface area contributed by atoms with Crippen molar-refractivity contribution in [3.8, 4) is 0 Å². The van der Waals surface area contributed by atoms with Crippen LogP contribution in [0.5, 0.6) is 0 Å². The van der Waals surface area contributed by atoms with Gasteiger partial charge in [-0.25, -0.2) is 17.2 Å². The Morgan fingerprint density at radius 1 is 1.15 bits per heavy atom. The Morgan fingerprint density at radius 2 is 1.80 bits per heavy atom. The van der Waals surface area contributed by atoms with Crippen molar-refractivity contribution in [1.29, 1.82) is 0 Å². The number of aromatic nitrogens is 1. The number of pyridine rings is 1. The third-order valence-corrected chi connectivity index (χ3v) is 3.80. The maximum atomic E-state index is 13.0. The number of anilines is 1. The first-order chi connectivity index (χ1) is 9.40. The molecular weight excluding hydrogens is 288 g/mol. The van der Waals surface area contributed by atoms with E-state index in [1.807, 2.05) is 0 Å². The summed E-state index contributed by atoms with van der Waals surface area (Å²) < 4.78 is 52.1. The molecule has 0 fully saturated rings. The van der Waals surface area contributed by atoms with E-state index in [-0.39, 0.29) is 17.1 Å². The van der Waals surface area contributed by atoms with Crippen LogP contribution in [0.25, 0.3) is 0 Å². The van der Waals surface area contributed by atoms with Gasteiger partial charge >= 0.3 is 0 Å². The van der Waals surface area contributed by atoms with Crippen molar-refractivity contribution in [2.45, 2.75) is 11.4 Å². The Balaban J connectivity index is 2.30. The Hall–Kier alpha value is -2.06. The predicted molar refractivity (Wildman–Crippen MR) is 69.3 cm³/mol. The van der Waals surface area contributed by atoms with E-state index in [4.69, 9.17) is 5.73 Å². The van der Waals surface area contributed by atoms with Gasteiger partial charge in [-0.15, -0.1) is 0 Å². The summed E-state index contributed by atoms with van der Waals surface area (Å²) in [7, 11) is -3.96. The Morgan fingerprint density at radius 3 is 2.30 bits per heavy atom. The molecule has 8 heteroatoms. The summed E-state index contributed by atoms with van der Waals surface area (Å²) in [5.41, 5.74) is 5.68. The average Bonchev–Trinajstić information content (AvgIpc) is 2.37. The highest BCUT2D eigenvalue weighted by Gasteiger charge is 2.15. The molecule has 1 aromatic carbocycles. The number of hydrogen-bond donors (Lipinski definition) is 2. The summed E-state index contributed by atoms with van der Waals surface area (Å²) >= 11 is 0. The fraction of sp³-hybridized carbons (Fsp3) is 0.0833. The van der Waals surface area contributed by atoms with Crippen molar-refractivity contribution in [3.05, 3.63) is 53.9 Å². The molecular formula is C12H11F2N3O2S. The standard InChI is InChI=1S/C12H11F2N3O2S/c13-8-3-9(14)5-11(4-8)17-20(18,19)12-2-1-10(6-15)16-7-12/h1-5,7,17H,6,15H2. The first kappa shape index (κ1) is 14.4. The summed E-state index contributed by atoms with van der Waals surface area (Å²) in [6.07, 6.45) is 1.13. The molecule has 5 nitrogen and oxygen atoms in total. The van der Waals surface area contributed by atoms with Crippen LogP contribution in [0, 0.1) is 11.6 Å². The molecule has 106 valence electrons. The van der Waals surface area contributed by atoms with E-state index in [2.05, 4.69) is 9.71 Å². The molecule has 0 radical (unpaired) electrons. The van der Waals surface area contributed by atoms with Crippen LogP contribution < -0.4 is 10.5 Å².